The summed E-state index contributed by atoms with van der Waals surface area (Å²) >= 11 is 3.47. The number of benzene rings is 1. The Morgan fingerprint density at radius 3 is 2.76 bits per heavy atom. The predicted octanol–water partition coefficient (Wildman–Crippen LogP) is 4.01. The molecule has 1 heterocycles. The molecule has 1 unspecified atom stereocenters. The second kappa shape index (κ2) is 7.18. The molecule has 0 spiro atoms. The van der Waals surface area contributed by atoms with Gasteiger partial charge < -0.3 is 5.32 Å². The van der Waals surface area contributed by atoms with E-state index in [0.29, 0.717) is 12.0 Å². The average Bonchev–Trinajstić information content (AvgIpc) is 2.78. The molecule has 0 amide bonds. The lowest BCUT2D eigenvalue weighted by molar-refractivity contribution is 0.488. The highest BCUT2D eigenvalue weighted by molar-refractivity contribution is 9.10. The van der Waals surface area contributed by atoms with Gasteiger partial charge in [0.25, 0.3) is 0 Å². The summed E-state index contributed by atoms with van der Waals surface area (Å²) in [5.41, 5.74) is 2.80. The second-order valence-corrected chi connectivity index (χ2v) is 5.90. The number of likely N-dealkylation sites (N-methyl/N-ethyl adjacent to an activating group) is 1. The first kappa shape index (κ1) is 16.2. The summed E-state index contributed by atoms with van der Waals surface area (Å²) < 4.78 is 17.0. The van der Waals surface area contributed by atoms with Crippen molar-refractivity contribution in [2.75, 3.05) is 6.54 Å². The third-order valence-electron chi connectivity index (χ3n) is 3.50. The molecule has 2 rings (SSSR count). The summed E-state index contributed by atoms with van der Waals surface area (Å²) in [6.07, 6.45) is 0.710. The quantitative estimate of drug-likeness (QED) is 0.850. The molecule has 1 atom stereocenters. The number of nitrogens with one attached hydrogen (secondary N) is 1. The molecule has 1 N–H and O–H groups in total. The van der Waals surface area contributed by atoms with Crippen LogP contribution in [-0.2, 0) is 13.0 Å². The van der Waals surface area contributed by atoms with Gasteiger partial charge >= 0.3 is 0 Å². The average molecular weight is 354 g/mol. The molecular weight excluding hydrogens is 333 g/mol. The number of hydrogen-bond donors (Lipinski definition) is 1. The molecule has 0 bridgehead atoms. The molecule has 5 heteroatoms. The summed E-state index contributed by atoms with van der Waals surface area (Å²) in [7, 11) is 0. The maximum Gasteiger partial charge on any atom is 0.129 e. The molecule has 2 aromatic rings. The van der Waals surface area contributed by atoms with Crippen LogP contribution in [0, 0.1) is 12.7 Å². The van der Waals surface area contributed by atoms with Crippen molar-refractivity contribution in [3.8, 4) is 0 Å². The van der Waals surface area contributed by atoms with Gasteiger partial charge in [-0.1, -0.05) is 28.9 Å². The SMILES string of the molecule is CCNC(Cc1cc(C)nn1CC)c1c(F)cccc1Br. The molecule has 1 aromatic carbocycles. The minimum Gasteiger partial charge on any atom is -0.310 e. The molecule has 21 heavy (non-hydrogen) atoms. The zero-order valence-electron chi connectivity index (χ0n) is 12.7. The molecule has 0 aliphatic carbocycles. The van der Waals surface area contributed by atoms with Crippen LogP contribution in [0.25, 0.3) is 0 Å². The summed E-state index contributed by atoms with van der Waals surface area (Å²) in [6.45, 7) is 7.68. The molecule has 0 aliphatic rings. The van der Waals surface area contributed by atoms with Crippen molar-refractivity contribution in [1.82, 2.24) is 15.1 Å². The van der Waals surface area contributed by atoms with Crippen LogP contribution in [0.3, 0.4) is 0 Å². The molecule has 0 saturated carbocycles. The Bertz CT molecular complexity index is 589. The molecule has 1 aromatic heterocycles. The van der Waals surface area contributed by atoms with Gasteiger partial charge in [-0.2, -0.15) is 5.10 Å². The van der Waals surface area contributed by atoms with Gasteiger partial charge in [-0.3, -0.25) is 4.68 Å². The van der Waals surface area contributed by atoms with Gasteiger partial charge in [-0.25, -0.2) is 4.39 Å². The number of halogens is 2. The van der Waals surface area contributed by atoms with Crippen LogP contribution in [-0.4, -0.2) is 16.3 Å². The first-order valence-electron chi connectivity index (χ1n) is 7.27. The first-order valence-corrected chi connectivity index (χ1v) is 8.06. The standard InChI is InChI=1S/C16H21BrFN3/c1-4-19-15(16-13(17)7-6-8-14(16)18)10-12-9-11(3)20-21(12)5-2/h6-9,15,19H,4-5,10H2,1-3H3. The van der Waals surface area contributed by atoms with Gasteiger partial charge in [-0.15, -0.1) is 0 Å². The topological polar surface area (TPSA) is 29.9 Å². The van der Waals surface area contributed by atoms with Crippen LogP contribution >= 0.6 is 15.9 Å². The lowest BCUT2D eigenvalue weighted by Crippen LogP contribution is -2.25. The van der Waals surface area contributed by atoms with Crippen LogP contribution in [0.5, 0.6) is 0 Å². The van der Waals surface area contributed by atoms with E-state index in [-0.39, 0.29) is 11.9 Å². The van der Waals surface area contributed by atoms with Crippen molar-refractivity contribution in [2.24, 2.45) is 0 Å². The fraction of sp³-hybridized carbons (Fsp3) is 0.438. The van der Waals surface area contributed by atoms with Crippen LogP contribution < -0.4 is 5.32 Å². The minimum atomic E-state index is -0.186. The third kappa shape index (κ3) is 3.71. The Morgan fingerprint density at radius 2 is 2.14 bits per heavy atom. The van der Waals surface area contributed by atoms with E-state index >= 15 is 0 Å². The Balaban J connectivity index is 2.35. The minimum absolute atomic E-state index is 0.0769. The van der Waals surface area contributed by atoms with Crippen LogP contribution in [0.4, 0.5) is 4.39 Å². The molecule has 3 nitrogen and oxygen atoms in total. The maximum atomic E-state index is 14.2. The smallest absolute Gasteiger partial charge is 0.129 e. The fourth-order valence-electron chi connectivity index (χ4n) is 2.61. The first-order chi connectivity index (χ1) is 10.1. The fourth-order valence-corrected chi connectivity index (χ4v) is 3.23. The number of aryl methyl sites for hydroxylation is 2. The Hall–Kier alpha value is -1.20. The Labute approximate surface area is 133 Å². The van der Waals surface area contributed by atoms with E-state index in [1.807, 2.05) is 24.6 Å². The molecular formula is C16H21BrFN3. The lowest BCUT2D eigenvalue weighted by atomic mass is 10.0. The molecule has 0 saturated heterocycles. The van der Waals surface area contributed by atoms with Gasteiger partial charge in [0.2, 0.25) is 0 Å². The van der Waals surface area contributed by atoms with E-state index in [1.165, 1.54) is 6.07 Å². The third-order valence-corrected chi connectivity index (χ3v) is 4.19. The number of nitrogens with zero attached hydrogens (tertiary/aromatic N) is 2. The van der Waals surface area contributed by atoms with Gasteiger partial charge in [0.05, 0.1) is 5.69 Å². The van der Waals surface area contributed by atoms with Gasteiger partial charge in [-0.05, 0) is 38.6 Å². The van der Waals surface area contributed by atoms with Crippen LogP contribution in [0.2, 0.25) is 0 Å². The summed E-state index contributed by atoms with van der Waals surface area (Å²) in [4.78, 5) is 0. The van der Waals surface area contributed by atoms with Crippen molar-refractivity contribution >= 4 is 15.9 Å². The van der Waals surface area contributed by atoms with Crippen LogP contribution in [0.15, 0.2) is 28.7 Å². The number of rotatable bonds is 6. The van der Waals surface area contributed by atoms with Gasteiger partial charge in [0, 0.05) is 34.7 Å². The normalized spacial score (nSPS) is 12.6. The van der Waals surface area contributed by atoms with Gasteiger partial charge in [0.15, 0.2) is 0 Å². The molecule has 0 aliphatic heterocycles. The lowest BCUT2D eigenvalue weighted by Gasteiger charge is -2.20. The van der Waals surface area contributed by atoms with Crippen molar-refractivity contribution in [3.63, 3.8) is 0 Å². The zero-order chi connectivity index (χ0) is 15.4. The van der Waals surface area contributed by atoms with E-state index in [4.69, 9.17) is 0 Å². The van der Waals surface area contributed by atoms with Crippen molar-refractivity contribution in [2.45, 2.75) is 39.8 Å². The van der Waals surface area contributed by atoms with E-state index in [2.05, 4.69) is 39.3 Å². The number of aromatic nitrogens is 2. The molecule has 0 fully saturated rings. The Morgan fingerprint density at radius 1 is 1.38 bits per heavy atom. The zero-order valence-corrected chi connectivity index (χ0v) is 14.2. The van der Waals surface area contributed by atoms with Crippen LogP contribution in [0.1, 0.15) is 36.8 Å². The highest BCUT2D eigenvalue weighted by Gasteiger charge is 2.20. The highest BCUT2D eigenvalue weighted by Crippen LogP contribution is 2.29. The predicted molar refractivity (Wildman–Crippen MR) is 86.9 cm³/mol. The maximum absolute atomic E-state index is 14.2. The second-order valence-electron chi connectivity index (χ2n) is 5.04. The number of hydrogen-bond acceptors (Lipinski definition) is 2. The molecule has 0 radical (unpaired) electrons. The largest absolute Gasteiger partial charge is 0.310 e. The van der Waals surface area contributed by atoms with Crippen molar-refractivity contribution < 1.29 is 4.39 Å². The summed E-state index contributed by atoms with van der Waals surface area (Å²) in [5, 5.41) is 7.84. The van der Waals surface area contributed by atoms with Crippen molar-refractivity contribution in [1.29, 1.82) is 0 Å². The van der Waals surface area contributed by atoms with E-state index in [1.54, 1.807) is 6.07 Å². The van der Waals surface area contributed by atoms with E-state index in [9.17, 15) is 4.39 Å². The van der Waals surface area contributed by atoms with Crippen molar-refractivity contribution in [3.05, 3.63) is 51.5 Å². The Kier molecular flexibility index (Phi) is 5.53. The van der Waals surface area contributed by atoms with Gasteiger partial charge in [0.1, 0.15) is 5.82 Å². The monoisotopic (exact) mass is 353 g/mol. The van der Waals surface area contributed by atoms with E-state index < -0.39 is 0 Å². The van der Waals surface area contributed by atoms with E-state index in [0.717, 1.165) is 29.0 Å². The highest BCUT2D eigenvalue weighted by atomic mass is 79.9. The molecule has 114 valence electrons. The summed E-state index contributed by atoms with van der Waals surface area (Å²) in [6, 6.07) is 7.10. The summed E-state index contributed by atoms with van der Waals surface area (Å²) in [5.74, 6) is -0.186.